The zero-order valence-corrected chi connectivity index (χ0v) is 28.1. The summed E-state index contributed by atoms with van der Waals surface area (Å²) in [5.41, 5.74) is 0.357. The maximum absolute atomic E-state index is 15.5. The lowest BCUT2D eigenvalue weighted by Gasteiger charge is -2.41. The first-order valence-corrected chi connectivity index (χ1v) is 16.9. The van der Waals surface area contributed by atoms with Gasteiger partial charge in [0.1, 0.15) is 17.8 Å². The van der Waals surface area contributed by atoms with Crippen LogP contribution in [-0.4, -0.2) is 77.2 Å². The topological polar surface area (TPSA) is 138 Å². The zero-order chi connectivity index (χ0) is 34.1. The molecule has 1 unspecified atom stereocenters. The first-order chi connectivity index (χ1) is 23.2. The lowest BCUT2D eigenvalue weighted by Crippen LogP contribution is -2.54. The van der Waals surface area contributed by atoms with Gasteiger partial charge in [-0.15, -0.1) is 0 Å². The van der Waals surface area contributed by atoms with Gasteiger partial charge in [0.05, 0.1) is 55.3 Å². The van der Waals surface area contributed by atoms with Gasteiger partial charge in [-0.3, -0.25) is 14.6 Å². The second-order valence-corrected chi connectivity index (χ2v) is 13.6. The minimum atomic E-state index is -4.47. The molecule has 0 saturated carbocycles. The van der Waals surface area contributed by atoms with Gasteiger partial charge < -0.3 is 18.6 Å². The van der Waals surface area contributed by atoms with E-state index in [0.29, 0.717) is 67.6 Å². The van der Waals surface area contributed by atoms with Crippen LogP contribution >= 0.6 is 0 Å². The summed E-state index contributed by atoms with van der Waals surface area (Å²) in [6, 6.07) is 17.9. The molecule has 2 aliphatic heterocycles. The van der Waals surface area contributed by atoms with Gasteiger partial charge in [0, 0.05) is 37.9 Å². The fourth-order valence-electron chi connectivity index (χ4n) is 6.83. The van der Waals surface area contributed by atoms with E-state index in [2.05, 4.69) is 16.0 Å². The Morgan fingerprint density at radius 3 is 2.52 bits per heavy atom. The van der Waals surface area contributed by atoms with Gasteiger partial charge in [0.25, 0.3) is 15.9 Å². The van der Waals surface area contributed by atoms with Crippen molar-refractivity contribution in [3.63, 3.8) is 0 Å². The summed E-state index contributed by atoms with van der Waals surface area (Å²) >= 11 is 0. The molecule has 48 heavy (non-hydrogen) atoms. The summed E-state index contributed by atoms with van der Waals surface area (Å²) < 4.78 is 52.3. The number of aromatic nitrogens is 1. The number of oxazole rings is 1. The van der Waals surface area contributed by atoms with Crippen LogP contribution in [0.3, 0.4) is 0 Å². The van der Waals surface area contributed by atoms with Gasteiger partial charge in [-0.05, 0) is 80.1 Å². The molecule has 0 spiro atoms. The molecule has 1 amide bonds. The molecule has 3 heterocycles. The Balaban J connectivity index is 1.64. The van der Waals surface area contributed by atoms with Crippen molar-refractivity contribution >= 4 is 21.6 Å². The lowest BCUT2D eigenvalue weighted by atomic mass is 9.79. The van der Waals surface area contributed by atoms with E-state index in [1.54, 1.807) is 25.4 Å². The zero-order valence-electron chi connectivity index (χ0n) is 27.3. The summed E-state index contributed by atoms with van der Waals surface area (Å²) in [5, 5.41) is 10.1. The molecule has 1 saturated heterocycles. The molecule has 1 fully saturated rings. The molecule has 3 aromatic carbocycles. The van der Waals surface area contributed by atoms with Gasteiger partial charge in [0.2, 0.25) is 5.89 Å². The third kappa shape index (κ3) is 5.50. The van der Waals surface area contributed by atoms with Crippen molar-refractivity contribution in [3.8, 4) is 17.6 Å². The SMILES string of the molecule is COCCN(C)Cc1ccc(OC)c(C2(N3CCC[C@H]3c3ncco3)C(=O)N(S(=O)(=O)c3ccc(OC)cc3)c3ccc(C#N)cc32)c1. The summed E-state index contributed by atoms with van der Waals surface area (Å²) in [7, 11) is 2.15. The minimum absolute atomic E-state index is 0.0890. The molecule has 0 aliphatic carbocycles. The van der Waals surface area contributed by atoms with E-state index in [-0.39, 0.29) is 16.1 Å². The Morgan fingerprint density at radius 1 is 1.06 bits per heavy atom. The van der Waals surface area contributed by atoms with E-state index in [1.807, 2.05) is 24.1 Å². The van der Waals surface area contributed by atoms with Crippen LogP contribution in [0.4, 0.5) is 5.69 Å². The van der Waals surface area contributed by atoms with E-state index < -0.39 is 27.5 Å². The number of nitriles is 1. The van der Waals surface area contributed by atoms with E-state index in [9.17, 15) is 13.7 Å². The Labute approximate surface area is 280 Å². The predicted octanol–water partition coefficient (Wildman–Crippen LogP) is 4.46. The number of likely N-dealkylation sites (tertiary alicyclic amines) is 1. The monoisotopic (exact) mass is 671 g/mol. The first-order valence-electron chi connectivity index (χ1n) is 15.5. The van der Waals surface area contributed by atoms with E-state index >= 15 is 4.79 Å². The van der Waals surface area contributed by atoms with Crippen molar-refractivity contribution < 1.29 is 31.8 Å². The average Bonchev–Trinajstić information content (AvgIpc) is 3.86. The van der Waals surface area contributed by atoms with E-state index in [0.717, 1.165) is 9.87 Å². The number of sulfonamides is 1. The summed E-state index contributed by atoms with van der Waals surface area (Å²) in [5.74, 6) is 0.549. The van der Waals surface area contributed by atoms with Crippen LogP contribution in [-0.2, 0) is 31.6 Å². The van der Waals surface area contributed by atoms with Crippen molar-refractivity contribution in [1.29, 1.82) is 5.26 Å². The highest BCUT2D eigenvalue weighted by Gasteiger charge is 2.62. The number of nitrogens with zero attached hydrogens (tertiary/aromatic N) is 5. The molecule has 0 bridgehead atoms. The predicted molar refractivity (Wildman–Crippen MR) is 176 cm³/mol. The average molecular weight is 672 g/mol. The highest BCUT2D eigenvalue weighted by Crippen LogP contribution is 2.56. The number of ether oxygens (including phenoxy) is 3. The summed E-state index contributed by atoms with van der Waals surface area (Å²) in [6.45, 7) is 2.14. The van der Waals surface area contributed by atoms with E-state index in [4.69, 9.17) is 18.6 Å². The maximum Gasteiger partial charge on any atom is 0.271 e. The molecular weight excluding hydrogens is 634 g/mol. The van der Waals surface area contributed by atoms with Gasteiger partial charge in [0.15, 0.2) is 5.54 Å². The number of hydrogen-bond donors (Lipinski definition) is 0. The second kappa shape index (κ2) is 13.4. The fourth-order valence-corrected chi connectivity index (χ4v) is 8.29. The standard InChI is InChI=1S/C35H37N5O7S/c1-38(17-19-44-2)23-25-8-14-32(46-4)29(21-25)35(39-16-5-6-31(39)33-37-15-18-47-33)28-20-24(22-36)7-13-30(28)40(34(35)41)48(42,43)27-11-9-26(45-3)10-12-27/h7-15,18,20-21,31H,5-6,16-17,19,23H2,1-4H3/t31-,35?/m0/s1. The molecule has 0 radical (unpaired) electrons. The molecule has 1 aromatic heterocycles. The fraction of sp³-hybridized carbons (Fsp3) is 0.343. The van der Waals surface area contributed by atoms with E-state index in [1.165, 1.54) is 56.9 Å². The highest BCUT2D eigenvalue weighted by atomic mass is 32.2. The number of amides is 1. The van der Waals surface area contributed by atoms with Crippen LogP contribution in [0.1, 0.15) is 47.0 Å². The molecule has 4 aromatic rings. The van der Waals surface area contributed by atoms with Crippen molar-refractivity contribution in [3.05, 3.63) is 101 Å². The Kier molecular flexibility index (Phi) is 9.26. The smallest absolute Gasteiger partial charge is 0.271 e. The van der Waals surface area contributed by atoms with Crippen molar-refractivity contribution in [1.82, 2.24) is 14.8 Å². The highest BCUT2D eigenvalue weighted by molar-refractivity contribution is 7.93. The van der Waals surface area contributed by atoms with Crippen molar-refractivity contribution in [2.24, 2.45) is 0 Å². The number of anilines is 1. The van der Waals surface area contributed by atoms with Crippen LogP contribution in [0.5, 0.6) is 11.5 Å². The molecule has 12 nitrogen and oxygen atoms in total. The summed E-state index contributed by atoms with van der Waals surface area (Å²) in [4.78, 5) is 23.9. The largest absolute Gasteiger partial charge is 0.497 e. The molecule has 0 N–H and O–H groups in total. The number of rotatable bonds is 12. The molecule has 2 aliphatic rings. The number of carbonyl (C=O) groups excluding carboxylic acids is 1. The minimum Gasteiger partial charge on any atom is -0.497 e. The number of benzene rings is 3. The Hall–Kier alpha value is -4.74. The van der Waals surface area contributed by atoms with Crippen LogP contribution in [0, 0.1) is 11.3 Å². The van der Waals surface area contributed by atoms with Crippen LogP contribution in [0.2, 0.25) is 0 Å². The van der Waals surface area contributed by atoms with Crippen LogP contribution in [0.15, 0.2) is 82.4 Å². The van der Waals surface area contributed by atoms with Crippen molar-refractivity contribution in [2.75, 3.05) is 52.4 Å². The molecule has 6 rings (SSSR count). The van der Waals surface area contributed by atoms with Crippen molar-refractivity contribution in [2.45, 2.75) is 35.9 Å². The number of hydrogen-bond acceptors (Lipinski definition) is 11. The van der Waals surface area contributed by atoms with Gasteiger partial charge in [-0.25, -0.2) is 17.7 Å². The number of methoxy groups -OCH3 is 3. The Bertz CT molecular complexity index is 1940. The van der Waals surface area contributed by atoms with Gasteiger partial charge in [-0.1, -0.05) is 6.07 Å². The second-order valence-electron chi connectivity index (χ2n) is 11.8. The normalized spacial score (nSPS) is 19.5. The maximum atomic E-state index is 15.5. The summed E-state index contributed by atoms with van der Waals surface area (Å²) in [6.07, 6.45) is 4.32. The molecule has 250 valence electrons. The van der Waals surface area contributed by atoms with Crippen LogP contribution < -0.4 is 13.8 Å². The lowest BCUT2D eigenvalue weighted by molar-refractivity contribution is -0.127. The third-order valence-electron chi connectivity index (χ3n) is 9.03. The third-order valence-corrected chi connectivity index (χ3v) is 10.7. The van der Waals surface area contributed by atoms with Crippen LogP contribution in [0.25, 0.3) is 0 Å². The quantitative estimate of drug-likeness (QED) is 0.211. The Morgan fingerprint density at radius 2 is 1.85 bits per heavy atom. The van der Waals surface area contributed by atoms with Gasteiger partial charge in [-0.2, -0.15) is 5.26 Å². The number of likely N-dealkylation sites (N-methyl/N-ethyl adjacent to an activating group) is 1. The first kappa shape index (κ1) is 33.2. The van der Waals surface area contributed by atoms with Gasteiger partial charge >= 0.3 is 0 Å². The molecule has 13 heteroatoms. The molecule has 2 atom stereocenters. The number of fused-ring (bicyclic) bond motifs is 1. The molecular formula is C35H37N5O7S. The number of carbonyl (C=O) groups is 1.